The molecular formula is C16H23N3O. The summed E-state index contributed by atoms with van der Waals surface area (Å²) < 4.78 is 0. The topological polar surface area (TPSA) is 70.1 Å². The van der Waals surface area contributed by atoms with Crippen LogP contribution in [0, 0.1) is 16.7 Å². The number of nitrogens with two attached hydrogens (primary N) is 1. The molecule has 1 unspecified atom stereocenters. The number of carbonyl (C=O) groups excluding carboxylic acids is 1. The zero-order valence-electron chi connectivity index (χ0n) is 12.7. The second-order valence-corrected chi connectivity index (χ2v) is 6.34. The third-order valence-electron chi connectivity index (χ3n) is 3.07. The van der Waals surface area contributed by atoms with Gasteiger partial charge in [0.2, 0.25) is 5.91 Å². The molecule has 0 aliphatic heterocycles. The monoisotopic (exact) mass is 273 g/mol. The Morgan fingerprint density at radius 1 is 1.35 bits per heavy atom. The van der Waals surface area contributed by atoms with Gasteiger partial charge in [-0.25, -0.2) is 0 Å². The summed E-state index contributed by atoms with van der Waals surface area (Å²) in [5.41, 5.74) is 7.51. The fourth-order valence-corrected chi connectivity index (χ4v) is 2.12. The zero-order valence-corrected chi connectivity index (χ0v) is 12.7. The van der Waals surface area contributed by atoms with Gasteiger partial charge in [0.05, 0.1) is 11.6 Å². The lowest BCUT2D eigenvalue weighted by Gasteiger charge is -2.25. The van der Waals surface area contributed by atoms with E-state index in [4.69, 9.17) is 11.0 Å². The summed E-state index contributed by atoms with van der Waals surface area (Å²) in [4.78, 5) is 13.8. The van der Waals surface area contributed by atoms with Crippen molar-refractivity contribution in [3.05, 3.63) is 29.8 Å². The van der Waals surface area contributed by atoms with Crippen LogP contribution in [0.25, 0.3) is 0 Å². The highest BCUT2D eigenvalue weighted by molar-refractivity contribution is 5.93. The first-order chi connectivity index (χ1) is 9.23. The Morgan fingerprint density at radius 2 is 1.90 bits per heavy atom. The quantitative estimate of drug-likeness (QED) is 0.916. The number of nitrogens with zero attached hydrogens (tertiary/aromatic N) is 2. The number of amides is 1. The van der Waals surface area contributed by atoms with Gasteiger partial charge in [0, 0.05) is 25.2 Å². The van der Waals surface area contributed by atoms with Crippen LogP contribution in [0.4, 0.5) is 5.69 Å². The fraction of sp³-hybridized carbons (Fsp3) is 0.500. The maximum Gasteiger partial charge on any atom is 0.228 e. The molecule has 1 amide bonds. The number of hydrogen-bond donors (Lipinski definition) is 1. The van der Waals surface area contributed by atoms with Crippen molar-refractivity contribution >= 4 is 11.6 Å². The molecule has 0 aliphatic carbocycles. The Labute approximate surface area is 121 Å². The lowest BCUT2D eigenvalue weighted by Crippen LogP contribution is -2.35. The van der Waals surface area contributed by atoms with Crippen molar-refractivity contribution < 1.29 is 4.79 Å². The molecule has 1 aromatic rings. The molecule has 0 aliphatic rings. The van der Waals surface area contributed by atoms with E-state index in [-0.39, 0.29) is 17.4 Å². The maximum absolute atomic E-state index is 12.2. The highest BCUT2D eigenvalue weighted by Gasteiger charge is 2.20. The standard InChI is InChI=1S/C16H23N3O/c1-16(2,3)10-13(18)9-15(20)19(4)14-7-5-12(11-17)6-8-14/h5-8,13H,9-10,18H2,1-4H3. The van der Waals surface area contributed by atoms with Gasteiger partial charge in [0.15, 0.2) is 0 Å². The van der Waals surface area contributed by atoms with Gasteiger partial charge in [-0.2, -0.15) is 5.26 Å². The fourth-order valence-electron chi connectivity index (χ4n) is 2.12. The molecule has 20 heavy (non-hydrogen) atoms. The number of nitriles is 1. The number of carbonyl (C=O) groups is 1. The Bertz CT molecular complexity index is 494. The van der Waals surface area contributed by atoms with Gasteiger partial charge in [-0.3, -0.25) is 4.79 Å². The van der Waals surface area contributed by atoms with Crippen molar-refractivity contribution in [2.45, 2.75) is 39.7 Å². The molecule has 0 bridgehead atoms. The second-order valence-electron chi connectivity index (χ2n) is 6.34. The third-order valence-corrected chi connectivity index (χ3v) is 3.07. The zero-order chi connectivity index (χ0) is 15.3. The average Bonchev–Trinajstić information content (AvgIpc) is 2.35. The Morgan fingerprint density at radius 3 is 2.35 bits per heavy atom. The third kappa shape index (κ3) is 5.02. The van der Waals surface area contributed by atoms with E-state index in [9.17, 15) is 4.79 Å². The minimum absolute atomic E-state index is 0.00791. The van der Waals surface area contributed by atoms with E-state index in [1.54, 1.807) is 36.2 Å². The van der Waals surface area contributed by atoms with Crippen molar-refractivity contribution in [3.63, 3.8) is 0 Å². The van der Waals surface area contributed by atoms with Crippen LogP contribution in [0.2, 0.25) is 0 Å². The summed E-state index contributed by atoms with van der Waals surface area (Å²) in [5, 5.41) is 8.76. The van der Waals surface area contributed by atoms with Crippen LogP contribution in [0.15, 0.2) is 24.3 Å². The van der Waals surface area contributed by atoms with Crippen LogP contribution in [-0.2, 0) is 4.79 Å². The lowest BCUT2D eigenvalue weighted by molar-refractivity contribution is -0.118. The first-order valence-electron chi connectivity index (χ1n) is 6.75. The van der Waals surface area contributed by atoms with Crippen LogP contribution in [0.3, 0.4) is 0 Å². The predicted molar refractivity (Wildman–Crippen MR) is 81.2 cm³/mol. The van der Waals surface area contributed by atoms with Gasteiger partial charge < -0.3 is 10.6 Å². The minimum Gasteiger partial charge on any atom is -0.327 e. The van der Waals surface area contributed by atoms with E-state index < -0.39 is 0 Å². The normalized spacial score (nSPS) is 12.6. The van der Waals surface area contributed by atoms with Crippen LogP contribution in [0.5, 0.6) is 0 Å². The van der Waals surface area contributed by atoms with Gasteiger partial charge in [0.1, 0.15) is 0 Å². The van der Waals surface area contributed by atoms with Crippen LogP contribution in [0.1, 0.15) is 39.2 Å². The SMILES string of the molecule is CN(C(=O)CC(N)CC(C)(C)C)c1ccc(C#N)cc1. The molecule has 1 rings (SSSR count). The van der Waals surface area contributed by atoms with E-state index in [1.165, 1.54) is 0 Å². The van der Waals surface area contributed by atoms with Gasteiger partial charge in [-0.15, -0.1) is 0 Å². The van der Waals surface area contributed by atoms with E-state index in [2.05, 4.69) is 26.8 Å². The van der Waals surface area contributed by atoms with Gasteiger partial charge in [-0.05, 0) is 36.1 Å². The lowest BCUT2D eigenvalue weighted by atomic mass is 9.87. The number of hydrogen-bond acceptors (Lipinski definition) is 3. The highest BCUT2D eigenvalue weighted by Crippen LogP contribution is 2.22. The van der Waals surface area contributed by atoms with Crippen molar-refractivity contribution in [1.29, 1.82) is 5.26 Å². The van der Waals surface area contributed by atoms with Crippen molar-refractivity contribution in [3.8, 4) is 6.07 Å². The first-order valence-corrected chi connectivity index (χ1v) is 6.75. The van der Waals surface area contributed by atoms with Crippen LogP contribution < -0.4 is 10.6 Å². The molecule has 1 atom stereocenters. The molecule has 0 heterocycles. The van der Waals surface area contributed by atoms with E-state index in [1.807, 2.05) is 0 Å². The molecule has 4 nitrogen and oxygen atoms in total. The molecule has 0 fully saturated rings. The Hall–Kier alpha value is -1.86. The average molecular weight is 273 g/mol. The minimum atomic E-state index is -0.136. The maximum atomic E-state index is 12.2. The molecule has 0 saturated carbocycles. The second kappa shape index (κ2) is 6.53. The molecule has 0 saturated heterocycles. The largest absolute Gasteiger partial charge is 0.327 e. The number of anilines is 1. The summed E-state index contributed by atoms with van der Waals surface area (Å²) in [6.45, 7) is 6.34. The van der Waals surface area contributed by atoms with Crippen molar-refractivity contribution in [2.75, 3.05) is 11.9 Å². The van der Waals surface area contributed by atoms with Crippen LogP contribution >= 0.6 is 0 Å². The van der Waals surface area contributed by atoms with E-state index >= 15 is 0 Å². The summed E-state index contributed by atoms with van der Waals surface area (Å²) >= 11 is 0. The number of rotatable bonds is 4. The van der Waals surface area contributed by atoms with Gasteiger partial charge in [0.25, 0.3) is 0 Å². The predicted octanol–water partition coefficient (Wildman–Crippen LogP) is 2.67. The molecule has 0 radical (unpaired) electrons. The Balaban J connectivity index is 2.64. The van der Waals surface area contributed by atoms with Crippen molar-refractivity contribution in [2.24, 2.45) is 11.1 Å². The molecule has 0 aromatic heterocycles. The van der Waals surface area contributed by atoms with E-state index in [0.717, 1.165) is 12.1 Å². The first kappa shape index (κ1) is 16.2. The summed E-state index contributed by atoms with van der Waals surface area (Å²) in [6, 6.07) is 8.87. The van der Waals surface area contributed by atoms with Gasteiger partial charge >= 0.3 is 0 Å². The summed E-state index contributed by atoms with van der Waals surface area (Å²) in [7, 11) is 1.73. The van der Waals surface area contributed by atoms with Crippen LogP contribution in [-0.4, -0.2) is 19.0 Å². The molecule has 4 heteroatoms. The summed E-state index contributed by atoms with van der Waals surface area (Å²) in [6.07, 6.45) is 1.13. The summed E-state index contributed by atoms with van der Waals surface area (Å²) in [5.74, 6) is -0.00791. The highest BCUT2D eigenvalue weighted by atomic mass is 16.2. The molecule has 0 spiro atoms. The Kier molecular flexibility index (Phi) is 5.29. The molecule has 108 valence electrons. The number of benzene rings is 1. The molecule has 2 N–H and O–H groups in total. The van der Waals surface area contributed by atoms with Crippen molar-refractivity contribution in [1.82, 2.24) is 0 Å². The van der Waals surface area contributed by atoms with Gasteiger partial charge in [-0.1, -0.05) is 20.8 Å². The molecule has 1 aromatic carbocycles. The smallest absolute Gasteiger partial charge is 0.228 e. The van der Waals surface area contributed by atoms with E-state index in [0.29, 0.717) is 12.0 Å². The molecular weight excluding hydrogens is 250 g/mol.